The number of alkyl halides is 3. The minimum Gasteiger partial charge on any atom is -0.384 e. The highest BCUT2D eigenvalue weighted by Gasteiger charge is 2.40. The highest BCUT2D eigenvalue weighted by Crippen LogP contribution is 2.45. The lowest BCUT2D eigenvalue weighted by molar-refractivity contribution is -0.137. The van der Waals surface area contributed by atoms with E-state index in [1.807, 2.05) is 25.1 Å². The van der Waals surface area contributed by atoms with Crippen LogP contribution in [-0.4, -0.2) is 20.1 Å². The van der Waals surface area contributed by atoms with Crippen LogP contribution in [0.5, 0.6) is 0 Å². The van der Waals surface area contributed by atoms with Crippen LogP contribution in [-0.2, 0) is 11.8 Å². The van der Waals surface area contributed by atoms with Crippen LogP contribution in [0.4, 0.5) is 24.8 Å². The van der Waals surface area contributed by atoms with Crippen LogP contribution >= 0.6 is 0 Å². The fourth-order valence-corrected chi connectivity index (χ4v) is 4.55. The van der Waals surface area contributed by atoms with Crippen LogP contribution in [0.3, 0.4) is 0 Å². The number of nitrogens with one attached hydrogen (secondary N) is 1. The Labute approximate surface area is 191 Å². The minimum atomic E-state index is -4.45. The van der Waals surface area contributed by atoms with Crippen molar-refractivity contribution >= 4 is 11.6 Å². The lowest BCUT2D eigenvalue weighted by Crippen LogP contribution is -2.37. The maximum absolute atomic E-state index is 13.0. The van der Waals surface area contributed by atoms with Gasteiger partial charge in [-0.2, -0.15) is 13.2 Å². The molecule has 0 amide bonds. The highest BCUT2D eigenvalue weighted by molar-refractivity contribution is 5.64. The lowest BCUT2D eigenvalue weighted by atomic mass is 9.68. The molecule has 0 saturated heterocycles. The summed E-state index contributed by atoms with van der Waals surface area (Å²) in [4.78, 5) is 13.1. The average molecular weight is 457 g/mol. The van der Waals surface area contributed by atoms with Gasteiger partial charge in [0.1, 0.15) is 17.2 Å². The summed E-state index contributed by atoms with van der Waals surface area (Å²) >= 11 is 0. The van der Waals surface area contributed by atoms with Crippen molar-refractivity contribution < 1.29 is 18.3 Å². The number of aryl methyl sites for hydroxylation is 1. The summed E-state index contributed by atoms with van der Waals surface area (Å²) in [6, 6.07) is 9.19. The van der Waals surface area contributed by atoms with Crippen LogP contribution in [0, 0.1) is 12.3 Å². The molecule has 0 radical (unpaired) electrons. The number of aliphatic hydroxyl groups is 1. The third-order valence-corrected chi connectivity index (χ3v) is 6.06. The largest absolute Gasteiger partial charge is 0.416 e. The van der Waals surface area contributed by atoms with E-state index in [-0.39, 0.29) is 11.2 Å². The van der Waals surface area contributed by atoms with Crippen molar-refractivity contribution in [3.05, 3.63) is 65.6 Å². The van der Waals surface area contributed by atoms with Gasteiger partial charge in [-0.25, -0.2) is 9.97 Å². The molecule has 1 saturated carbocycles. The Balaban J connectivity index is 1.58. The molecule has 0 spiro atoms. The van der Waals surface area contributed by atoms with Gasteiger partial charge in [0, 0.05) is 18.0 Å². The molecule has 0 aromatic carbocycles. The number of halogens is 3. The number of rotatable bonds is 4. The van der Waals surface area contributed by atoms with Crippen molar-refractivity contribution in [2.45, 2.75) is 58.2 Å². The monoisotopic (exact) mass is 456 g/mol. The van der Waals surface area contributed by atoms with Crippen LogP contribution in [0.25, 0.3) is 11.3 Å². The molecule has 8 heteroatoms. The van der Waals surface area contributed by atoms with Gasteiger partial charge in [-0.05, 0) is 80.0 Å². The maximum atomic E-state index is 13.0. The molecule has 2 N–H and O–H groups in total. The zero-order valence-electron chi connectivity index (χ0n) is 18.9. The Hall–Kier alpha value is -3.00. The third-order valence-electron chi connectivity index (χ3n) is 6.06. The van der Waals surface area contributed by atoms with Gasteiger partial charge in [0.05, 0.1) is 17.0 Å². The molecule has 1 aliphatic rings. The first-order valence-corrected chi connectivity index (χ1v) is 10.9. The molecule has 1 atom stereocenters. The molecule has 3 aromatic rings. The van der Waals surface area contributed by atoms with E-state index in [9.17, 15) is 18.3 Å². The van der Waals surface area contributed by atoms with Gasteiger partial charge in [0.25, 0.3) is 0 Å². The second-order valence-corrected chi connectivity index (χ2v) is 9.63. The van der Waals surface area contributed by atoms with Gasteiger partial charge in [-0.1, -0.05) is 13.8 Å². The zero-order chi connectivity index (χ0) is 23.9. The fraction of sp³-hybridized carbons (Fsp3) is 0.400. The second kappa shape index (κ2) is 8.41. The molecule has 1 unspecified atom stereocenters. The summed E-state index contributed by atoms with van der Waals surface area (Å²) in [5.41, 5.74) is 1.24. The van der Waals surface area contributed by atoms with Crippen molar-refractivity contribution in [2.75, 3.05) is 5.32 Å². The smallest absolute Gasteiger partial charge is 0.384 e. The van der Waals surface area contributed by atoms with Gasteiger partial charge in [0.2, 0.25) is 0 Å². The number of hydrogen-bond donors (Lipinski definition) is 2. The summed E-state index contributed by atoms with van der Waals surface area (Å²) in [7, 11) is 0. The summed E-state index contributed by atoms with van der Waals surface area (Å²) in [6.45, 7) is 6.20. The Morgan fingerprint density at radius 3 is 2.45 bits per heavy atom. The first-order valence-electron chi connectivity index (χ1n) is 10.9. The van der Waals surface area contributed by atoms with Crippen LogP contribution < -0.4 is 5.32 Å². The molecular weight excluding hydrogens is 429 g/mol. The first kappa shape index (κ1) is 23.2. The molecule has 1 aliphatic carbocycles. The molecule has 174 valence electrons. The summed E-state index contributed by atoms with van der Waals surface area (Å²) in [5, 5.41) is 14.1. The van der Waals surface area contributed by atoms with Crippen molar-refractivity contribution in [3.63, 3.8) is 0 Å². The topological polar surface area (TPSA) is 70.9 Å². The fourth-order valence-electron chi connectivity index (χ4n) is 4.55. The van der Waals surface area contributed by atoms with E-state index in [0.717, 1.165) is 42.3 Å². The average Bonchev–Trinajstić information content (AvgIpc) is 2.72. The molecule has 1 fully saturated rings. The maximum Gasteiger partial charge on any atom is 0.416 e. The molecule has 33 heavy (non-hydrogen) atoms. The van der Waals surface area contributed by atoms with Crippen molar-refractivity contribution in [2.24, 2.45) is 5.41 Å². The van der Waals surface area contributed by atoms with E-state index in [2.05, 4.69) is 34.1 Å². The SMILES string of the molecule is Cc1cc(Nc2cc(C(F)(F)F)ccn2)nc(-c2ccc(C3(O)CCCC(C)(C)C3)nc2)c1. The Kier molecular flexibility index (Phi) is 5.90. The normalized spacial score (nSPS) is 20.5. The molecule has 4 rings (SSSR count). The molecule has 0 aliphatic heterocycles. The minimum absolute atomic E-state index is 0.0590. The van der Waals surface area contributed by atoms with Crippen LogP contribution in [0.15, 0.2) is 48.8 Å². The molecule has 0 bridgehead atoms. The van der Waals surface area contributed by atoms with E-state index in [0.29, 0.717) is 30.0 Å². The van der Waals surface area contributed by atoms with Crippen molar-refractivity contribution in [1.82, 2.24) is 15.0 Å². The number of hydrogen-bond acceptors (Lipinski definition) is 5. The van der Waals surface area contributed by atoms with E-state index in [4.69, 9.17) is 0 Å². The van der Waals surface area contributed by atoms with Crippen LogP contribution in [0.1, 0.15) is 56.4 Å². The van der Waals surface area contributed by atoms with E-state index < -0.39 is 17.3 Å². The zero-order valence-corrected chi connectivity index (χ0v) is 18.9. The molecule has 3 heterocycles. The van der Waals surface area contributed by atoms with Gasteiger partial charge >= 0.3 is 6.18 Å². The summed E-state index contributed by atoms with van der Waals surface area (Å²) in [5.74, 6) is 0.443. The van der Waals surface area contributed by atoms with Crippen molar-refractivity contribution in [3.8, 4) is 11.3 Å². The van der Waals surface area contributed by atoms with E-state index in [1.165, 1.54) is 0 Å². The number of nitrogens with zero attached hydrogens (tertiary/aromatic N) is 3. The van der Waals surface area contributed by atoms with E-state index >= 15 is 0 Å². The molecular formula is C25H27F3N4O. The Bertz CT molecular complexity index is 1150. The van der Waals surface area contributed by atoms with Gasteiger partial charge in [-0.3, -0.25) is 4.98 Å². The summed E-state index contributed by atoms with van der Waals surface area (Å²) in [6.07, 6.45) is 1.72. The van der Waals surface area contributed by atoms with Gasteiger partial charge < -0.3 is 10.4 Å². The highest BCUT2D eigenvalue weighted by atomic mass is 19.4. The Morgan fingerprint density at radius 1 is 1.00 bits per heavy atom. The van der Waals surface area contributed by atoms with Crippen LogP contribution in [0.2, 0.25) is 0 Å². The third kappa shape index (κ3) is 5.33. The Morgan fingerprint density at radius 2 is 1.79 bits per heavy atom. The summed E-state index contributed by atoms with van der Waals surface area (Å²) < 4.78 is 39.0. The quantitative estimate of drug-likeness (QED) is 0.476. The molecule has 5 nitrogen and oxygen atoms in total. The number of anilines is 2. The van der Waals surface area contributed by atoms with Gasteiger partial charge in [0.15, 0.2) is 0 Å². The lowest BCUT2D eigenvalue weighted by Gasteiger charge is -2.41. The molecule has 3 aromatic heterocycles. The second-order valence-electron chi connectivity index (χ2n) is 9.63. The number of aromatic nitrogens is 3. The first-order chi connectivity index (χ1) is 15.4. The predicted molar refractivity (Wildman–Crippen MR) is 121 cm³/mol. The van der Waals surface area contributed by atoms with Gasteiger partial charge in [-0.15, -0.1) is 0 Å². The standard InChI is InChI=1S/C25H27F3N4O/c1-16-11-19(31-22(12-16)32-21-13-18(7-10-29-21)25(26,27)28)17-5-6-20(30-14-17)24(33)9-4-8-23(2,3)15-24/h5-7,10-14,33H,4,8-9,15H2,1-3H3,(H,29,31,32). The van der Waals surface area contributed by atoms with Crippen molar-refractivity contribution in [1.29, 1.82) is 0 Å². The predicted octanol–water partition coefficient (Wildman–Crippen LogP) is 6.40. The van der Waals surface area contributed by atoms with E-state index in [1.54, 1.807) is 12.3 Å². The number of pyridine rings is 3.